The van der Waals surface area contributed by atoms with Crippen LogP contribution in [0, 0.1) is 0 Å². The van der Waals surface area contributed by atoms with Gasteiger partial charge in [-0.15, -0.1) is 0 Å². The molecule has 0 fully saturated rings. The van der Waals surface area contributed by atoms with Crippen molar-refractivity contribution in [1.82, 2.24) is 15.5 Å². The molecule has 2 N–H and O–H groups in total. The topological polar surface area (TPSA) is 80.4 Å². The number of aliphatic hydroxyl groups excluding tert-OH is 1. The molecule has 0 amide bonds. The Bertz CT molecular complexity index is 1120. The zero-order chi connectivity index (χ0) is 22.9. The van der Waals surface area contributed by atoms with Gasteiger partial charge in [0, 0.05) is 31.3 Å². The molecule has 2 aromatic carbocycles. The molecular weight excluding hydrogens is 402 g/mol. The second-order valence-corrected chi connectivity index (χ2v) is 7.33. The van der Waals surface area contributed by atoms with Gasteiger partial charge < -0.3 is 19.7 Å². The number of ether oxygens (including phenoxy) is 1. The first-order valence-corrected chi connectivity index (χ1v) is 10.4. The molecule has 3 aromatic rings. The first-order valence-electron chi connectivity index (χ1n) is 10.4. The number of rotatable bonds is 11. The molecule has 0 atom stereocenters. The van der Waals surface area contributed by atoms with Crippen molar-refractivity contribution < 1.29 is 14.4 Å². The molecule has 1 aromatic heterocycles. The Kier molecular flexibility index (Phi) is 8.27. The normalized spacial score (nSPS) is 11.8. The van der Waals surface area contributed by atoms with E-state index < -0.39 is 0 Å². The van der Waals surface area contributed by atoms with Crippen LogP contribution < -0.4 is 5.32 Å². The van der Waals surface area contributed by atoms with E-state index in [1.165, 1.54) is 0 Å². The predicted octanol–water partition coefficient (Wildman–Crippen LogP) is 4.78. The molecule has 0 bridgehead atoms. The van der Waals surface area contributed by atoms with Gasteiger partial charge in [0.1, 0.15) is 0 Å². The van der Waals surface area contributed by atoms with Crippen LogP contribution in [0.25, 0.3) is 28.4 Å². The van der Waals surface area contributed by atoms with Crippen LogP contribution in [0.5, 0.6) is 0 Å². The zero-order valence-corrected chi connectivity index (χ0v) is 18.6. The summed E-state index contributed by atoms with van der Waals surface area (Å²) < 4.78 is 11.0. The van der Waals surface area contributed by atoms with Crippen molar-refractivity contribution in [2.45, 2.75) is 20.1 Å². The Morgan fingerprint density at radius 2 is 2.00 bits per heavy atom. The molecule has 3 rings (SSSR count). The predicted molar refractivity (Wildman–Crippen MR) is 128 cm³/mol. The lowest BCUT2D eigenvalue weighted by atomic mass is 9.94. The minimum atomic E-state index is 0.106. The van der Waals surface area contributed by atoms with Gasteiger partial charge in [-0.1, -0.05) is 54.7 Å². The highest BCUT2D eigenvalue weighted by Crippen LogP contribution is 2.30. The molecule has 1 heterocycles. The largest absolute Gasteiger partial charge is 0.395 e. The van der Waals surface area contributed by atoms with Crippen LogP contribution in [0.15, 0.2) is 77.9 Å². The number of aliphatic hydroxyl groups is 1. The van der Waals surface area contributed by atoms with Gasteiger partial charge in [0.05, 0.1) is 13.2 Å². The van der Waals surface area contributed by atoms with Crippen molar-refractivity contribution in [2.75, 3.05) is 20.3 Å². The summed E-state index contributed by atoms with van der Waals surface area (Å²) in [7, 11) is 1.67. The van der Waals surface area contributed by atoms with Gasteiger partial charge in [0.2, 0.25) is 5.82 Å². The molecule has 0 aliphatic carbocycles. The average Bonchev–Trinajstić information content (AvgIpc) is 3.31. The Hall–Kier alpha value is -3.32. The maximum atomic E-state index is 8.93. The highest BCUT2D eigenvalue weighted by atomic mass is 16.5. The standard InChI is InChI=1S/C26H29N3O3/c1-5-18(3)23(6-2)24-11-10-21(15-22(24)17-31-4)26-28-25(29-32-26)20-9-7-8-19(14-20)16-27-12-13-30/h5-11,14-15,27,30H,1-2,12-13,16-17H2,3-4H3/b23-18+. The van der Waals surface area contributed by atoms with E-state index in [9.17, 15) is 0 Å². The smallest absolute Gasteiger partial charge is 0.258 e. The van der Waals surface area contributed by atoms with Crippen molar-refractivity contribution in [3.63, 3.8) is 0 Å². The van der Waals surface area contributed by atoms with E-state index in [0.717, 1.165) is 39.0 Å². The summed E-state index contributed by atoms with van der Waals surface area (Å²) in [5, 5.41) is 16.3. The third-order valence-electron chi connectivity index (χ3n) is 5.11. The first kappa shape index (κ1) is 23.3. The number of hydrogen-bond acceptors (Lipinski definition) is 6. The molecule has 0 saturated carbocycles. The van der Waals surface area contributed by atoms with Crippen LogP contribution in [-0.2, 0) is 17.9 Å². The van der Waals surface area contributed by atoms with E-state index in [-0.39, 0.29) is 6.61 Å². The molecule has 0 unspecified atom stereocenters. The van der Waals surface area contributed by atoms with Crippen LogP contribution in [0.4, 0.5) is 0 Å². The summed E-state index contributed by atoms with van der Waals surface area (Å²) in [4.78, 5) is 4.61. The summed E-state index contributed by atoms with van der Waals surface area (Å²) in [5.41, 5.74) is 6.85. The average molecular weight is 432 g/mol. The van der Waals surface area contributed by atoms with Gasteiger partial charge in [0.25, 0.3) is 5.89 Å². The number of benzene rings is 2. The minimum absolute atomic E-state index is 0.106. The number of hydrogen-bond donors (Lipinski definition) is 2. The minimum Gasteiger partial charge on any atom is -0.395 e. The van der Waals surface area contributed by atoms with E-state index in [1.807, 2.05) is 61.5 Å². The molecule has 0 radical (unpaired) electrons. The van der Waals surface area contributed by atoms with E-state index in [0.29, 0.717) is 31.4 Å². The summed E-state index contributed by atoms with van der Waals surface area (Å²) in [6, 6.07) is 13.9. The fourth-order valence-corrected chi connectivity index (χ4v) is 3.45. The lowest BCUT2D eigenvalue weighted by Crippen LogP contribution is -2.17. The molecule has 32 heavy (non-hydrogen) atoms. The maximum Gasteiger partial charge on any atom is 0.258 e. The molecular formula is C26H29N3O3. The Balaban J connectivity index is 1.92. The lowest BCUT2D eigenvalue weighted by molar-refractivity contribution is 0.184. The van der Waals surface area contributed by atoms with Gasteiger partial charge >= 0.3 is 0 Å². The molecule has 6 heteroatoms. The van der Waals surface area contributed by atoms with Crippen LogP contribution in [-0.4, -0.2) is 35.5 Å². The van der Waals surface area contributed by atoms with E-state index in [4.69, 9.17) is 14.4 Å². The maximum absolute atomic E-state index is 8.93. The SMILES string of the molecule is C=C/C(C)=C(\C=C)c1ccc(-c2nc(-c3cccc(CNCCO)c3)no2)cc1COC. The number of methoxy groups -OCH3 is 1. The molecule has 0 spiro atoms. The van der Waals surface area contributed by atoms with Crippen LogP contribution in [0.2, 0.25) is 0 Å². The van der Waals surface area contributed by atoms with Crippen LogP contribution >= 0.6 is 0 Å². The van der Waals surface area contributed by atoms with Gasteiger partial charge in [-0.3, -0.25) is 0 Å². The quantitative estimate of drug-likeness (QED) is 0.336. The van der Waals surface area contributed by atoms with Crippen molar-refractivity contribution in [1.29, 1.82) is 0 Å². The molecule has 166 valence electrons. The number of nitrogens with zero attached hydrogens (tertiary/aromatic N) is 2. The van der Waals surface area contributed by atoms with Crippen molar-refractivity contribution >= 4 is 5.57 Å². The second kappa shape index (κ2) is 11.3. The lowest BCUT2D eigenvalue weighted by Gasteiger charge is -2.13. The monoisotopic (exact) mass is 431 g/mol. The number of nitrogens with one attached hydrogen (secondary N) is 1. The molecule has 0 aliphatic heterocycles. The Labute approximate surface area is 188 Å². The molecule has 0 saturated heterocycles. The summed E-state index contributed by atoms with van der Waals surface area (Å²) in [6.07, 6.45) is 3.65. The Morgan fingerprint density at radius 3 is 2.72 bits per heavy atom. The summed E-state index contributed by atoms with van der Waals surface area (Å²) in [6.45, 7) is 11.6. The highest BCUT2D eigenvalue weighted by molar-refractivity contribution is 5.80. The third-order valence-corrected chi connectivity index (χ3v) is 5.11. The van der Waals surface area contributed by atoms with E-state index in [2.05, 4.69) is 28.6 Å². The van der Waals surface area contributed by atoms with Gasteiger partial charge in [0.15, 0.2) is 0 Å². The summed E-state index contributed by atoms with van der Waals surface area (Å²) in [5.74, 6) is 0.966. The number of allylic oxidation sites excluding steroid dienone is 4. The Morgan fingerprint density at radius 1 is 1.16 bits per heavy atom. The molecule has 6 nitrogen and oxygen atoms in total. The second-order valence-electron chi connectivity index (χ2n) is 7.33. The van der Waals surface area contributed by atoms with Gasteiger partial charge in [-0.05, 0) is 53.0 Å². The van der Waals surface area contributed by atoms with Crippen LogP contribution in [0.1, 0.15) is 23.6 Å². The third kappa shape index (κ3) is 5.48. The number of aromatic nitrogens is 2. The van der Waals surface area contributed by atoms with Crippen molar-refractivity contribution in [2.24, 2.45) is 0 Å². The first-order chi connectivity index (χ1) is 15.6. The fourth-order valence-electron chi connectivity index (χ4n) is 3.45. The van der Waals surface area contributed by atoms with Crippen LogP contribution in [0.3, 0.4) is 0 Å². The van der Waals surface area contributed by atoms with E-state index in [1.54, 1.807) is 7.11 Å². The highest BCUT2D eigenvalue weighted by Gasteiger charge is 2.15. The van der Waals surface area contributed by atoms with Gasteiger partial charge in [-0.2, -0.15) is 4.98 Å². The fraction of sp³-hybridized carbons (Fsp3) is 0.231. The summed E-state index contributed by atoms with van der Waals surface area (Å²) >= 11 is 0. The van der Waals surface area contributed by atoms with Crippen molar-refractivity contribution in [3.8, 4) is 22.8 Å². The molecule has 0 aliphatic rings. The zero-order valence-electron chi connectivity index (χ0n) is 18.6. The van der Waals surface area contributed by atoms with E-state index >= 15 is 0 Å². The van der Waals surface area contributed by atoms with Gasteiger partial charge in [-0.25, -0.2) is 0 Å². The van der Waals surface area contributed by atoms with Crippen molar-refractivity contribution in [3.05, 3.63) is 90.0 Å².